The summed E-state index contributed by atoms with van der Waals surface area (Å²) < 4.78 is 2.87. The summed E-state index contributed by atoms with van der Waals surface area (Å²) in [5.41, 5.74) is 5.35. The first kappa shape index (κ1) is 18.9. The van der Waals surface area contributed by atoms with Gasteiger partial charge in [0.15, 0.2) is 0 Å². The van der Waals surface area contributed by atoms with Gasteiger partial charge in [-0.2, -0.15) is 19.6 Å². The summed E-state index contributed by atoms with van der Waals surface area (Å²) in [6, 6.07) is 22.0. The Hall–Kier alpha value is -3.47. The summed E-state index contributed by atoms with van der Waals surface area (Å²) in [5, 5.41) is 8.88. The number of rotatable bonds is 5. The number of carbonyl (C=O) groups is 1. The lowest BCUT2D eigenvalue weighted by Crippen LogP contribution is -2.23. The quantitative estimate of drug-likeness (QED) is 0.492. The van der Waals surface area contributed by atoms with E-state index in [9.17, 15) is 4.79 Å². The van der Waals surface area contributed by atoms with Gasteiger partial charge in [-0.1, -0.05) is 74.5 Å². The minimum atomic E-state index is -0.262. The number of benzene rings is 2. The molecule has 0 aliphatic heterocycles. The Labute approximate surface area is 170 Å². The maximum atomic E-state index is 13.2. The second-order valence-electron chi connectivity index (χ2n) is 7.43. The van der Waals surface area contributed by atoms with Gasteiger partial charge in [0.25, 0.3) is 0 Å². The Kier molecular flexibility index (Phi) is 5.38. The number of aromatic nitrogens is 4. The van der Waals surface area contributed by atoms with E-state index >= 15 is 0 Å². The zero-order valence-electron chi connectivity index (χ0n) is 16.7. The summed E-state index contributed by atoms with van der Waals surface area (Å²) in [4.78, 5) is 13.2. The molecule has 2 aromatic carbocycles. The molecule has 0 aliphatic rings. The predicted octanol–water partition coefficient (Wildman–Crippen LogP) is 4.90. The van der Waals surface area contributed by atoms with Crippen molar-refractivity contribution in [1.29, 1.82) is 0 Å². The highest BCUT2D eigenvalue weighted by atomic mass is 16.2. The molecule has 29 heavy (non-hydrogen) atoms. The highest BCUT2D eigenvalue weighted by Gasteiger charge is 2.24. The molecular weight excluding hydrogens is 360 g/mol. The molecule has 0 amide bonds. The molecule has 2 aromatic heterocycles. The molecule has 4 aromatic rings. The average molecular weight is 384 g/mol. The van der Waals surface area contributed by atoms with Crippen LogP contribution in [-0.4, -0.2) is 25.6 Å². The van der Waals surface area contributed by atoms with Crippen LogP contribution in [0.1, 0.15) is 47.8 Å². The van der Waals surface area contributed by atoms with Crippen molar-refractivity contribution in [3.05, 3.63) is 107 Å². The molecule has 5 heteroatoms. The van der Waals surface area contributed by atoms with Crippen LogP contribution in [0.5, 0.6) is 0 Å². The van der Waals surface area contributed by atoms with Crippen LogP contribution in [0.3, 0.4) is 0 Å². The van der Waals surface area contributed by atoms with Crippen molar-refractivity contribution >= 4 is 6.03 Å². The van der Waals surface area contributed by atoms with Gasteiger partial charge in [-0.25, -0.2) is 4.79 Å². The molecule has 0 unspecified atom stereocenters. The van der Waals surface area contributed by atoms with Crippen LogP contribution in [0.15, 0.2) is 79.1 Å². The highest BCUT2D eigenvalue weighted by molar-refractivity contribution is 5.78. The summed E-state index contributed by atoms with van der Waals surface area (Å²) in [7, 11) is 0. The van der Waals surface area contributed by atoms with Crippen LogP contribution < -0.4 is 0 Å². The van der Waals surface area contributed by atoms with Crippen LogP contribution in [0.4, 0.5) is 4.79 Å². The van der Waals surface area contributed by atoms with Gasteiger partial charge in [-0.15, -0.1) is 0 Å². The fourth-order valence-corrected chi connectivity index (χ4v) is 3.57. The number of hydrogen-bond donors (Lipinski definition) is 0. The second kappa shape index (κ2) is 8.27. The van der Waals surface area contributed by atoms with Gasteiger partial charge < -0.3 is 0 Å². The molecule has 0 saturated carbocycles. The van der Waals surface area contributed by atoms with Crippen LogP contribution >= 0.6 is 0 Å². The zero-order chi connectivity index (χ0) is 20.2. The third-order valence-electron chi connectivity index (χ3n) is 4.99. The van der Waals surface area contributed by atoms with Crippen molar-refractivity contribution in [1.82, 2.24) is 19.6 Å². The van der Waals surface area contributed by atoms with E-state index < -0.39 is 0 Å². The molecule has 5 nitrogen and oxygen atoms in total. The van der Waals surface area contributed by atoms with Crippen molar-refractivity contribution in [3.63, 3.8) is 0 Å². The van der Waals surface area contributed by atoms with E-state index in [4.69, 9.17) is 5.10 Å². The first-order chi connectivity index (χ1) is 14.1. The Bertz CT molecular complexity index is 1080. The van der Waals surface area contributed by atoms with Crippen LogP contribution in [0.25, 0.3) is 0 Å². The van der Waals surface area contributed by atoms with Gasteiger partial charge in [0.05, 0.1) is 11.4 Å². The molecule has 0 N–H and O–H groups in total. The Balaban J connectivity index is 1.85. The van der Waals surface area contributed by atoms with Crippen molar-refractivity contribution in [2.24, 2.45) is 0 Å². The fourth-order valence-electron chi connectivity index (χ4n) is 3.57. The molecule has 2 heterocycles. The number of carbonyl (C=O) groups excluding carboxylic acids is 1. The van der Waals surface area contributed by atoms with Crippen molar-refractivity contribution in [3.8, 4) is 0 Å². The topological polar surface area (TPSA) is 52.7 Å². The van der Waals surface area contributed by atoms with Crippen molar-refractivity contribution < 1.29 is 4.79 Å². The van der Waals surface area contributed by atoms with Gasteiger partial charge in [0, 0.05) is 30.8 Å². The highest BCUT2D eigenvalue weighted by Crippen LogP contribution is 2.27. The third-order valence-corrected chi connectivity index (χ3v) is 4.99. The van der Waals surface area contributed by atoms with Crippen LogP contribution in [0.2, 0.25) is 0 Å². The van der Waals surface area contributed by atoms with Crippen LogP contribution in [0, 0.1) is 0 Å². The van der Waals surface area contributed by atoms with Gasteiger partial charge in [-0.3, -0.25) is 0 Å². The predicted molar refractivity (Wildman–Crippen MR) is 113 cm³/mol. The zero-order valence-corrected chi connectivity index (χ0v) is 16.7. The SMILES string of the molecule is CC(C)c1nn(C(=O)n2cccn2)c(Cc2ccccc2)c1Cc1ccccc1. The lowest BCUT2D eigenvalue weighted by Gasteiger charge is -2.10. The lowest BCUT2D eigenvalue weighted by molar-refractivity contribution is 0.237. The van der Waals surface area contributed by atoms with E-state index in [-0.39, 0.29) is 11.9 Å². The van der Waals surface area contributed by atoms with Gasteiger partial charge >= 0.3 is 6.03 Å². The van der Waals surface area contributed by atoms with E-state index in [1.807, 2.05) is 36.4 Å². The molecule has 146 valence electrons. The van der Waals surface area contributed by atoms with Gasteiger partial charge in [-0.05, 0) is 23.1 Å². The molecule has 0 aliphatic carbocycles. The molecular formula is C24H24N4O. The molecule has 0 atom stereocenters. The van der Waals surface area contributed by atoms with E-state index in [0.717, 1.165) is 28.9 Å². The molecule has 0 fully saturated rings. The molecule has 0 saturated heterocycles. The van der Waals surface area contributed by atoms with E-state index in [2.05, 4.69) is 43.2 Å². The van der Waals surface area contributed by atoms with E-state index in [1.54, 1.807) is 18.5 Å². The maximum absolute atomic E-state index is 13.2. The van der Waals surface area contributed by atoms with Crippen molar-refractivity contribution in [2.75, 3.05) is 0 Å². The van der Waals surface area contributed by atoms with E-state index in [1.165, 1.54) is 14.9 Å². The largest absolute Gasteiger partial charge is 0.369 e. The number of hydrogen-bond acceptors (Lipinski definition) is 3. The number of nitrogens with zero attached hydrogens (tertiary/aromatic N) is 4. The fraction of sp³-hybridized carbons (Fsp3) is 0.208. The smallest absolute Gasteiger partial charge is 0.244 e. The lowest BCUT2D eigenvalue weighted by atomic mass is 9.95. The normalized spacial score (nSPS) is 11.1. The average Bonchev–Trinajstić information content (AvgIpc) is 3.39. The van der Waals surface area contributed by atoms with Crippen molar-refractivity contribution in [2.45, 2.75) is 32.6 Å². The standard InChI is InChI=1S/C24H24N4O/c1-18(2)23-21(16-19-10-5-3-6-11-19)22(17-20-12-7-4-8-13-20)28(26-23)24(29)27-15-9-14-25-27/h3-15,18H,16-17H2,1-2H3. The van der Waals surface area contributed by atoms with E-state index in [0.29, 0.717) is 6.42 Å². The minimum absolute atomic E-state index is 0.204. The first-order valence-corrected chi connectivity index (χ1v) is 9.86. The molecule has 0 spiro atoms. The second-order valence-corrected chi connectivity index (χ2v) is 7.43. The summed E-state index contributed by atoms with van der Waals surface area (Å²) in [5.74, 6) is 0.204. The summed E-state index contributed by atoms with van der Waals surface area (Å²) in [6.07, 6.45) is 4.63. The Morgan fingerprint density at radius 3 is 2.07 bits per heavy atom. The molecule has 0 radical (unpaired) electrons. The third kappa shape index (κ3) is 4.04. The Morgan fingerprint density at radius 1 is 0.897 bits per heavy atom. The maximum Gasteiger partial charge on any atom is 0.369 e. The molecule has 4 rings (SSSR count). The first-order valence-electron chi connectivity index (χ1n) is 9.86. The van der Waals surface area contributed by atoms with Gasteiger partial charge in [0.2, 0.25) is 0 Å². The Morgan fingerprint density at radius 2 is 1.52 bits per heavy atom. The van der Waals surface area contributed by atoms with Gasteiger partial charge in [0.1, 0.15) is 0 Å². The summed E-state index contributed by atoms with van der Waals surface area (Å²) >= 11 is 0. The minimum Gasteiger partial charge on any atom is -0.244 e. The summed E-state index contributed by atoms with van der Waals surface area (Å²) in [6.45, 7) is 4.23. The van der Waals surface area contributed by atoms with Crippen LogP contribution in [-0.2, 0) is 12.8 Å². The monoisotopic (exact) mass is 384 g/mol. The molecule has 0 bridgehead atoms.